The lowest BCUT2D eigenvalue weighted by atomic mass is 9.75. The van der Waals surface area contributed by atoms with E-state index in [-0.39, 0.29) is 41.1 Å². The zero-order valence-electron chi connectivity index (χ0n) is 26.6. The van der Waals surface area contributed by atoms with Gasteiger partial charge in [-0.25, -0.2) is 0 Å². The van der Waals surface area contributed by atoms with Crippen LogP contribution in [-0.4, -0.2) is 53.7 Å². The molecule has 43 heavy (non-hydrogen) atoms. The number of unbranched alkanes of at least 4 members (excludes halogenated alkanes) is 4. The largest absolute Gasteiger partial charge is 0.370 e. The van der Waals surface area contributed by atoms with E-state index in [1.807, 2.05) is 4.90 Å². The first-order valence-corrected chi connectivity index (χ1v) is 17.2. The van der Waals surface area contributed by atoms with E-state index >= 15 is 0 Å². The van der Waals surface area contributed by atoms with Gasteiger partial charge in [0.05, 0.1) is 0 Å². The molecule has 0 radical (unpaired) electrons. The molecular formula is C33H59N5O5. The molecule has 246 valence electrons. The van der Waals surface area contributed by atoms with Crippen molar-refractivity contribution in [2.75, 3.05) is 13.1 Å². The summed E-state index contributed by atoms with van der Waals surface area (Å²) in [6, 6.07) is 0. The molecule has 3 fully saturated rings. The van der Waals surface area contributed by atoms with E-state index < -0.39 is 0 Å². The second-order valence-corrected chi connectivity index (χ2v) is 12.9. The summed E-state index contributed by atoms with van der Waals surface area (Å²) in [5, 5.41) is 6.12. The molecule has 2 aliphatic heterocycles. The van der Waals surface area contributed by atoms with E-state index in [1.165, 1.54) is 25.7 Å². The van der Waals surface area contributed by atoms with Gasteiger partial charge in [0, 0.05) is 44.2 Å². The van der Waals surface area contributed by atoms with E-state index in [0.717, 1.165) is 116 Å². The highest BCUT2D eigenvalue weighted by Crippen LogP contribution is 2.40. The maximum absolute atomic E-state index is 13.2. The predicted octanol–water partition coefficient (Wildman–Crippen LogP) is 4.72. The molecular weight excluding hydrogens is 546 g/mol. The molecule has 5 amide bonds. The molecule has 6 N–H and O–H groups in total. The standard InChI is InChI=1S/C21H37N3O3.C12H22N2O2/c22-17(25)11-5-1-2-8-14-21(15-9-3-4-10-16-21)20(27)24-18-12-6-7-13-19(26)23-18;13-11(15)7-3-4-8-12(16)14-9-5-1-2-6-10-14/h18H,1-16H2,(H2,22,25)(H,23,26)(H,24,27);1-10H2,(H2,13,15). The van der Waals surface area contributed by atoms with E-state index in [1.54, 1.807) is 0 Å². The van der Waals surface area contributed by atoms with Crippen LogP contribution in [-0.2, 0) is 24.0 Å². The molecule has 0 aromatic heterocycles. The van der Waals surface area contributed by atoms with Crippen LogP contribution in [0.25, 0.3) is 0 Å². The van der Waals surface area contributed by atoms with Crippen LogP contribution in [0, 0.1) is 5.41 Å². The third-order valence-corrected chi connectivity index (χ3v) is 9.18. The Balaban J connectivity index is 0.000000344. The van der Waals surface area contributed by atoms with E-state index in [0.29, 0.717) is 25.7 Å². The predicted molar refractivity (Wildman–Crippen MR) is 168 cm³/mol. The van der Waals surface area contributed by atoms with Gasteiger partial charge < -0.3 is 27.0 Å². The zero-order chi connectivity index (χ0) is 31.3. The number of amides is 5. The highest BCUT2D eigenvalue weighted by Gasteiger charge is 2.39. The fourth-order valence-corrected chi connectivity index (χ4v) is 6.56. The maximum atomic E-state index is 13.2. The smallest absolute Gasteiger partial charge is 0.227 e. The van der Waals surface area contributed by atoms with Gasteiger partial charge in [0.15, 0.2) is 0 Å². The summed E-state index contributed by atoms with van der Waals surface area (Å²) in [6.07, 6.45) is 21.9. The number of carbonyl (C=O) groups is 5. The summed E-state index contributed by atoms with van der Waals surface area (Å²) in [4.78, 5) is 60.2. The molecule has 1 saturated carbocycles. The van der Waals surface area contributed by atoms with Crippen LogP contribution < -0.4 is 22.1 Å². The van der Waals surface area contributed by atoms with Gasteiger partial charge in [0.25, 0.3) is 0 Å². The van der Waals surface area contributed by atoms with Crippen LogP contribution in [0.4, 0.5) is 0 Å². The summed E-state index contributed by atoms with van der Waals surface area (Å²) in [6.45, 7) is 1.82. The number of nitrogens with one attached hydrogen (secondary N) is 2. The maximum Gasteiger partial charge on any atom is 0.227 e. The highest BCUT2D eigenvalue weighted by atomic mass is 16.2. The van der Waals surface area contributed by atoms with E-state index in [2.05, 4.69) is 10.6 Å². The fraction of sp³-hybridized carbons (Fsp3) is 0.848. The van der Waals surface area contributed by atoms with Crippen molar-refractivity contribution in [3.8, 4) is 0 Å². The SMILES string of the molecule is NC(=O)CCCCC(=O)N1CCCCCC1.NC(=O)CCCCCCC1(C(=O)NC2CCCCC(=O)N2)CCCCCC1. The minimum atomic E-state index is -0.294. The van der Waals surface area contributed by atoms with Crippen molar-refractivity contribution < 1.29 is 24.0 Å². The Hall–Kier alpha value is -2.65. The summed E-state index contributed by atoms with van der Waals surface area (Å²) in [5.41, 5.74) is 9.93. The molecule has 1 atom stereocenters. The summed E-state index contributed by atoms with van der Waals surface area (Å²) >= 11 is 0. The second-order valence-electron chi connectivity index (χ2n) is 12.9. The molecule has 2 heterocycles. The van der Waals surface area contributed by atoms with Crippen molar-refractivity contribution in [3.05, 3.63) is 0 Å². The molecule has 10 heteroatoms. The Bertz CT molecular complexity index is 864. The first-order chi connectivity index (χ1) is 20.7. The lowest BCUT2D eigenvalue weighted by molar-refractivity contribution is -0.134. The third-order valence-electron chi connectivity index (χ3n) is 9.18. The molecule has 3 rings (SSSR count). The Morgan fingerprint density at radius 1 is 0.721 bits per heavy atom. The van der Waals surface area contributed by atoms with Crippen LogP contribution >= 0.6 is 0 Å². The summed E-state index contributed by atoms with van der Waals surface area (Å²) in [5.74, 6) is -0.0930. The quantitative estimate of drug-likeness (QED) is 0.166. The topological polar surface area (TPSA) is 165 Å². The van der Waals surface area contributed by atoms with Gasteiger partial charge >= 0.3 is 0 Å². The van der Waals surface area contributed by atoms with E-state index in [4.69, 9.17) is 11.5 Å². The van der Waals surface area contributed by atoms with Crippen molar-refractivity contribution in [2.45, 2.75) is 160 Å². The van der Waals surface area contributed by atoms with E-state index in [9.17, 15) is 24.0 Å². The summed E-state index contributed by atoms with van der Waals surface area (Å²) < 4.78 is 0. The number of nitrogens with two attached hydrogens (primary N) is 2. The number of rotatable bonds is 14. The molecule has 10 nitrogen and oxygen atoms in total. The van der Waals surface area contributed by atoms with Gasteiger partial charge in [0.2, 0.25) is 29.5 Å². The average Bonchev–Trinajstić information content (AvgIpc) is 3.47. The van der Waals surface area contributed by atoms with Gasteiger partial charge in [-0.3, -0.25) is 24.0 Å². The van der Waals surface area contributed by atoms with Gasteiger partial charge in [-0.05, 0) is 70.6 Å². The Labute approximate surface area is 259 Å². The Morgan fingerprint density at radius 3 is 1.91 bits per heavy atom. The lowest BCUT2D eigenvalue weighted by Gasteiger charge is -2.33. The van der Waals surface area contributed by atoms with Gasteiger partial charge in [-0.2, -0.15) is 0 Å². The summed E-state index contributed by atoms with van der Waals surface area (Å²) in [7, 11) is 0. The molecule has 0 aromatic rings. The highest BCUT2D eigenvalue weighted by molar-refractivity contribution is 5.84. The molecule has 1 unspecified atom stereocenters. The van der Waals surface area contributed by atoms with Crippen molar-refractivity contribution >= 4 is 29.5 Å². The Morgan fingerprint density at radius 2 is 1.28 bits per heavy atom. The van der Waals surface area contributed by atoms with Crippen molar-refractivity contribution in [3.63, 3.8) is 0 Å². The number of hydrogen-bond donors (Lipinski definition) is 4. The van der Waals surface area contributed by atoms with Gasteiger partial charge in [-0.1, -0.05) is 57.8 Å². The molecule has 1 aliphatic carbocycles. The number of nitrogens with zero attached hydrogens (tertiary/aromatic N) is 1. The van der Waals surface area contributed by atoms with Crippen LogP contribution in [0.15, 0.2) is 0 Å². The number of primary amides is 2. The number of likely N-dealkylation sites (tertiary alicyclic amines) is 1. The first kappa shape index (κ1) is 36.5. The van der Waals surface area contributed by atoms with Crippen molar-refractivity contribution in [2.24, 2.45) is 16.9 Å². The van der Waals surface area contributed by atoms with Gasteiger partial charge in [0.1, 0.15) is 6.17 Å². The van der Waals surface area contributed by atoms with Crippen LogP contribution in [0.3, 0.4) is 0 Å². The molecule has 3 aliphatic rings. The number of hydrogen-bond acceptors (Lipinski definition) is 5. The molecule has 0 spiro atoms. The Kier molecular flexibility index (Phi) is 17.9. The van der Waals surface area contributed by atoms with Crippen LogP contribution in [0.5, 0.6) is 0 Å². The van der Waals surface area contributed by atoms with Crippen molar-refractivity contribution in [1.82, 2.24) is 15.5 Å². The van der Waals surface area contributed by atoms with Crippen molar-refractivity contribution in [1.29, 1.82) is 0 Å². The minimum Gasteiger partial charge on any atom is -0.370 e. The zero-order valence-corrected chi connectivity index (χ0v) is 26.6. The normalized spacial score (nSPS) is 20.7. The average molecular weight is 606 g/mol. The molecule has 0 aromatic carbocycles. The van der Waals surface area contributed by atoms with Crippen LogP contribution in [0.2, 0.25) is 0 Å². The minimum absolute atomic E-state index is 0.0437. The third kappa shape index (κ3) is 15.6. The van der Waals surface area contributed by atoms with Gasteiger partial charge in [-0.15, -0.1) is 0 Å². The molecule has 0 bridgehead atoms. The lowest BCUT2D eigenvalue weighted by Crippen LogP contribution is -2.52. The monoisotopic (exact) mass is 605 g/mol. The fourth-order valence-electron chi connectivity index (χ4n) is 6.56. The number of carbonyl (C=O) groups excluding carboxylic acids is 5. The molecule has 2 saturated heterocycles. The first-order valence-electron chi connectivity index (χ1n) is 17.2. The second kappa shape index (κ2) is 21.1. The van der Waals surface area contributed by atoms with Crippen LogP contribution in [0.1, 0.15) is 154 Å².